The summed E-state index contributed by atoms with van der Waals surface area (Å²) in [5.41, 5.74) is 0.911. The van der Waals surface area contributed by atoms with E-state index in [4.69, 9.17) is 11.6 Å². The Morgan fingerprint density at radius 1 is 1.25 bits per heavy atom. The van der Waals surface area contributed by atoms with Gasteiger partial charge in [-0.15, -0.1) is 0 Å². The summed E-state index contributed by atoms with van der Waals surface area (Å²) in [5.74, 6) is -0.332. The molecule has 0 saturated carbocycles. The van der Waals surface area contributed by atoms with E-state index in [2.05, 4.69) is 14.9 Å². The minimum atomic E-state index is -0.451. The number of rotatable bonds is 5. The maximum atomic E-state index is 13.1. The third-order valence-corrected chi connectivity index (χ3v) is 4.40. The van der Waals surface area contributed by atoms with Crippen LogP contribution in [0.4, 0.5) is 10.1 Å². The molecule has 1 aliphatic heterocycles. The average Bonchev–Trinajstić information content (AvgIpc) is 3.01. The first-order valence-corrected chi connectivity index (χ1v) is 7.94. The highest BCUT2D eigenvalue weighted by molar-refractivity contribution is 6.31. The summed E-state index contributed by atoms with van der Waals surface area (Å²) in [6, 6.07) is 4.47. The van der Waals surface area contributed by atoms with Crippen molar-refractivity contribution in [3.63, 3.8) is 0 Å². The van der Waals surface area contributed by atoms with E-state index in [1.54, 1.807) is 10.7 Å². The Morgan fingerprint density at radius 3 is 2.58 bits per heavy atom. The summed E-state index contributed by atoms with van der Waals surface area (Å²) >= 11 is 6.07. The first-order chi connectivity index (χ1) is 11.5. The second-order valence-corrected chi connectivity index (χ2v) is 6.17. The fraction of sp³-hybridized carbons (Fsp3) is 0.400. The van der Waals surface area contributed by atoms with E-state index >= 15 is 0 Å². The van der Waals surface area contributed by atoms with Crippen LogP contribution in [0.5, 0.6) is 0 Å². The third-order valence-electron chi connectivity index (χ3n) is 4.05. The normalized spacial score (nSPS) is 16.4. The minimum absolute atomic E-state index is 0.000382. The molecule has 0 amide bonds. The molecule has 1 fully saturated rings. The van der Waals surface area contributed by atoms with E-state index < -0.39 is 4.92 Å². The fourth-order valence-corrected chi connectivity index (χ4v) is 2.94. The van der Waals surface area contributed by atoms with Gasteiger partial charge < -0.3 is 0 Å². The van der Waals surface area contributed by atoms with Crippen LogP contribution in [-0.2, 0) is 13.2 Å². The molecule has 1 aliphatic rings. The van der Waals surface area contributed by atoms with Gasteiger partial charge in [-0.3, -0.25) is 24.6 Å². The molecule has 0 N–H and O–H groups in total. The van der Waals surface area contributed by atoms with Gasteiger partial charge in [0.15, 0.2) is 0 Å². The number of hydrogen-bond acceptors (Lipinski definition) is 5. The Morgan fingerprint density at radius 2 is 1.96 bits per heavy atom. The minimum Gasteiger partial charge on any atom is -0.296 e. The number of nitrogens with zero attached hydrogens (tertiary/aromatic N) is 5. The first-order valence-electron chi connectivity index (χ1n) is 7.57. The van der Waals surface area contributed by atoms with Crippen molar-refractivity contribution in [2.45, 2.75) is 13.2 Å². The van der Waals surface area contributed by atoms with Crippen molar-refractivity contribution in [2.75, 3.05) is 26.2 Å². The highest BCUT2D eigenvalue weighted by Gasteiger charge is 2.19. The van der Waals surface area contributed by atoms with Gasteiger partial charge in [-0.05, 0) is 17.7 Å². The quantitative estimate of drug-likeness (QED) is 0.609. The number of nitro groups is 1. The standard InChI is InChI=1S/C15H17ClFN5O2/c16-15-7-13(17)2-1-12(15)9-19-3-5-20(6-4-19)11-21-10-14(8-18-21)22(23)24/h1-2,7-8,10H,3-6,9,11H2. The van der Waals surface area contributed by atoms with E-state index in [-0.39, 0.29) is 11.5 Å². The summed E-state index contributed by atoms with van der Waals surface area (Å²) < 4.78 is 14.7. The highest BCUT2D eigenvalue weighted by atomic mass is 35.5. The predicted molar refractivity (Wildman–Crippen MR) is 87.1 cm³/mol. The zero-order chi connectivity index (χ0) is 17.1. The molecular formula is C15H17ClFN5O2. The Hall–Kier alpha value is -2.03. The lowest BCUT2D eigenvalue weighted by Crippen LogP contribution is -2.46. The maximum absolute atomic E-state index is 13.1. The molecule has 0 radical (unpaired) electrons. The van der Waals surface area contributed by atoms with Crippen LogP contribution in [0.3, 0.4) is 0 Å². The zero-order valence-electron chi connectivity index (χ0n) is 12.9. The number of halogens is 2. The molecule has 1 saturated heterocycles. The molecule has 2 aromatic rings. The van der Waals surface area contributed by atoms with E-state index in [9.17, 15) is 14.5 Å². The van der Waals surface area contributed by atoms with Gasteiger partial charge in [0.1, 0.15) is 18.2 Å². The van der Waals surface area contributed by atoms with Gasteiger partial charge >= 0.3 is 5.69 Å². The van der Waals surface area contributed by atoms with Crippen LogP contribution >= 0.6 is 11.6 Å². The molecule has 0 atom stereocenters. The van der Waals surface area contributed by atoms with Crippen LogP contribution in [0.2, 0.25) is 5.02 Å². The Balaban J connectivity index is 1.51. The highest BCUT2D eigenvalue weighted by Crippen LogP contribution is 2.20. The lowest BCUT2D eigenvalue weighted by Gasteiger charge is -2.34. The molecule has 3 rings (SSSR count). The Labute approximate surface area is 143 Å². The molecule has 0 spiro atoms. The first kappa shape index (κ1) is 16.8. The van der Waals surface area contributed by atoms with Crippen molar-refractivity contribution < 1.29 is 9.31 Å². The number of hydrogen-bond donors (Lipinski definition) is 0. The summed E-state index contributed by atoms with van der Waals surface area (Å²) in [7, 11) is 0. The van der Waals surface area contributed by atoms with Crippen LogP contribution in [-0.4, -0.2) is 50.7 Å². The van der Waals surface area contributed by atoms with E-state index in [1.165, 1.54) is 24.5 Å². The molecule has 128 valence electrons. The van der Waals surface area contributed by atoms with E-state index in [0.717, 1.165) is 31.7 Å². The number of benzene rings is 1. The van der Waals surface area contributed by atoms with Crippen molar-refractivity contribution >= 4 is 17.3 Å². The molecule has 0 aliphatic carbocycles. The summed E-state index contributed by atoms with van der Waals surface area (Å²) in [5, 5.41) is 15.1. The summed E-state index contributed by atoms with van der Waals surface area (Å²) in [4.78, 5) is 14.6. The molecule has 0 bridgehead atoms. The van der Waals surface area contributed by atoms with Crippen molar-refractivity contribution in [3.8, 4) is 0 Å². The topological polar surface area (TPSA) is 67.4 Å². The van der Waals surface area contributed by atoms with Gasteiger partial charge in [0, 0.05) is 37.7 Å². The van der Waals surface area contributed by atoms with Crippen LogP contribution in [0.15, 0.2) is 30.6 Å². The Bertz CT molecular complexity index is 730. The molecule has 0 unspecified atom stereocenters. The van der Waals surface area contributed by atoms with Gasteiger partial charge in [-0.25, -0.2) is 4.39 Å². The molecule has 1 aromatic heterocycles. The van der Waals surface area contributed by atoms with Crippen molar-refractivity contribution in [2.24, 2.45) is 0 Å². The van der Waals surface area contributed by atoms with Gasteiger partial charge in [0.25, 0.3) is 0 Å². The van der Waals surface area contributed by atoms with Crippen LogP contribution < -0.4 is 0 Å². The molecule has 1 aromatic carbocycles. The van der Waals surface area contributed by atoms with Crippen molar-refractivity contribution in [3.05, 3.63) is 57.1 Å². The smallest absolute Gasteiger partial charge is 0.296 e. The number of aromatic nitrogens is 2. The van der Waals surface area contributed by atoms with Gasteiger partial charge in [0.05, 0.1) is 11.6 Å². The van der Waals surface area contributed by atoms with Crippen LogP contribution in [0.1, 0.15) is 5.56 Å². The van der Waals surface area contributed by atoms with Gasteiger partial charge in [-0.2, -0.15) is 5.10 Å². The maximum Gasteiger partial charge on any atom is 0.307 e. The van der Waals surface area contributed by atoms with E-state index in [0.29, 0.717) is 18.2 Å². The SMILES string of the molecule is O=[N+]([O-])c1cnn(CN2CCN(Cc3ccc(F)cc3Cl)CC2)c1. The van der Waals surface area contributed by atoms with E-state index in [1.807, 2.05) is 0 Å². The monoisotopic (exact) mass is 353 g/mol. The fourth-order valence-electron chi connectivity index (χ4n) is 2.71. The van der Waals surface area contributed by atoms with Crippen molar-refractivity contribution in [1.29, 1.82) is 0 Å². The second kappa shape index (κ2) is 7.25. The molecule has 24 heavy (non-hydrogen) atoms. The number of piperazine rings is 1. The van der Waals surface area contributed by atoms with Gasteiger partial charge in [-0.1, -0.05) is 17.7 Å². The summed E-state index contributed by atoms with van der Waals surface area (Å²) in [6.45, 7) is 4.55. The molecular weight excluding hydrogens is 337 g/mol. The second-order valence-electron chi connectivity index (χ2n) is 5.77. The molecule has 7 nitrogen and oxygen atoms in total. The Kier molecular flexibility index (Phi) is 5.08. The van der Waals surface area contributed by atoms with Crippen molar-refractivity contribution in [1.82, 2.24) is 19.6 Å². The molecule has 9 heteroatoms. The van der Waals surface area contributed by atoms with Crippen LogP contribution in [0, 0.1) is 15.9 Å². The lowest BCUT2D eigenvalue weighted by atomic mass is 10.2. The lowest BCUT2D eigenvalue weighted by molar-refractivity contribution is -0.385. The molecule has 2 heterocycles. The van der Waals surface area contributed by atoms with Crippen LogP contribution in [0.25, 0.3) is 0 Å². The predicted octanol–water partition coefficient (Wildman–Crippen LogP) is 2.36. The zero-order valence-corrected chi connectivity index (χ0v) is 13.7. The van der Waals surface area contributed by atoms with Gasteiger partial charge in [0.2, 0.25) is 0 Å². The third kappa shape index (κ3) is 4.08. The summed E-state index contributed by atoms with van der Waals surface area (Å²) in [6.07, 6.45) is 2.69. The average molecular weight is 354 g/mol. The largest absolute Gasteiger partial charge is 0.307 e.